The fraction of sp³-hybridized carbons (Fsp3) is 0.714. The van der Waals surface area contributed by atoms with Crippen molar-refractivity contribution in [3.63, 3.8) is 0 Å². The fourth-order valence-corrected chi connectivity index (χ4v) is 0.337. The molecular formula is C7H12O9-4. The molecule has 0 radical (unpaired) electrons. The smallest absolute Gasteiger partial charge is 0.0844 e. The van der Waals surface area contributed by atoms with Crippen molar-refractivity contribution in [1.82, 2.24) is 0 Å². The minimum atomic E-state index is -2.33. The van der Waals surface area contributed by atoms with Crippen LogP contribution in [-0.2, 0) is 9.62 Å². The quantitative estimate of drug-likeness (QED) is 0.380. The van der Waals surface area contributed by atoms with Crippen LogP contribution >= 0.6 is 0 Å². The van der Waals surface area contributed by atoms with E-state index in [-0.39, 0.29) is 6.10 Å². The summed E-state index contributed by atoms with van der Waals surface area (Å²) < 4.78 is 4.86. The predicted octanol–water partition coefficient (Wildman–Crippen LogP) is -3.99. The van der Waals surface area contributed by atoms with E-state index in [0.717, 1.165) is 6.42 Å². The Morgan fingerprint density at radius 3 is 1.69 bits per heavy atom. The topological polar surface area (TPSA) is 165 Å². The molecule has 9 nitrogen and oxygen atoms in total. The molecular weight excluding hydrogens is 228 g/mol. The average Bonchev–Trinajstić information content (AvgIpc) is 2.12. The first-order chi connectivity index (χ1) is 7.27. The second kappa shape index (κ2) is 15.9. The van der Waals surface area contributed by atoms with Gasteiger partial charge in [-0.2, -0.15) is 0 Å². The van der Waals surface area contributed by atoms with Gasteiger partial charge in [0.05, 0.1) is 12.7 Å². The lowest BCUT2D eigenvalue weighted by molar-refractivity contribution is -0.417. The van der Waals surface area contributed by atoms with E-state index in [1.54, 1.807) is 7.11 Å². The molecule has 1 unspecified atom stereocenters. The second-order valence-corrected chi connectivity index (χ2v) is 2.17. The van der Waals surface area contributed by atoms with Crippen molar-refractivity contribution < 1.29 is 44.9 Å². The molecule has 0 aromatic rings. The van der Waals surface area contributed by atoms with Gasteiger partial charge in [-0.1, -0.05) is 0 Å². The van der Waals surface area contributed by atoms with E-state index in [9.17, 15) is 0 Å². The van der Waals surface area contributed by atoms with Crippen molar-refractivity contribution in [2.24, 2.45) is 0 Å². The van der Waals surface area contributed by atoms with E-state index in [2.05, 4.69) is 4.89 Å². The standard InChI is InChI=1S/C5H12O3.2CH2O3/c1-5(7-2)3-4-8-6;2*2-1(3)4/h5-6H,3-4H2,1-2H3;2*(H2,2,3,4)/p-4. The van der Waals surface area contributed by atoms with Crippen LogP contribution in [0.1, 0.15) is 13.3 Å². The van der Waals surface area contributed by atoms with Crippen LogP contribution in [0, 0.1) is 0 Å². The van der Waals surface area contributed by atoms with Gasteiger partial charge in [-0.15, -0.1) is 0 Å². The minimum absolute atomic E-state index is 0.169. The summed E-state index contributed by atoms with van der Waals surface area (Å²) in [5.74, 6) is 0. The Balaban J connectivity index is -0.000000179. The van der Waals surface area contributed by atoms with E-state index in [4.69, 9.17) is 40.0 Å². The van der Waals surface area contributed by atoms with Gasteiger partial charge in [0, 0.05) is 7.11 Å². The second-order valence-electron chi connectivity index (χ2n) is 2.17. The Labute approximate surface area is 91.4 Å². The zero-order chi connectivity index (χ0) is 13.6. The number of methoxy groups -OCH3 is 1. The van der Waals surface area contributed by atoms with Crippen molar-refractivity contribution in [3.8, 4) is 0 Å². The highest BCUT2D eigenvalue weighted by Crippen LogP contribution is 1.93. The third kappa shape index (κ3) is 82.9. The summed E-state index contributed by atoms with van der Waals surface area (Å²) in [6, 6.07) is 0. The number of rotatable bonds is 4. The molecule has 16 heavy (non-hydrogen) atoms. The molecule has 0 aliphatic rings. The summed E-state index contributed by atoms with van der Waals surface area (Å²) in [6.07, 6.45) is -3.77. The van der Waals surface area contributed by atoms with Crippen LogP contribution < -0.4 is 20.4 Å². The highest BCUT2D eigenvalue weighted by molar-refractivity contribution is 5.47. The Hall–Kier alpha value is -1.58. The van der Waals surface area contributed by atoms with Crippen molar-refractivity contribution in [2.75, 3.05) is 13.7 Å². The molecule has 0 heterocycles. The first kappa shape index (κ1) is 19.9. The SMILES string of the molecule is COC(C)CCOO.O=C([O-])[O-].O=C([O-])[O-]. The van der Waals surface area contributed by atoms with Gasteiger partial charge in [0.25, 0.3) is 0 Å². The van der Waals surface area contributed by atoms with E-state index in [1.807, 2.05) is 6.92 Å². The normalized spacial score (nSPS) is 9.94. The molecule has 0 bridgehead atoms. The third-order valence-corrected chi connectivity index (χ3v) is 1.02. The summed E-state index contributed by atoms with van der Waals surface area (Å²) >= 11 is 0. The first-order valence-electron chi connectivity index (χ1n) is 3.83. The number of carboxylic acid groups (broad SMARTS) is 4. The highest BCUT2D eigenvalue weighted by atomic mass is 17.1. The molecule has 0 saturated heterocycles. The summed E-state index contributed by atoms with van der Waals surface area (Å²) in [6.45, 7) is 2.26. The molecule has 0 aromatic carbocycles. The van der Waals surface area contributed by atoms with Crippen molar-refractivity contribution in [1.29, 1.82) is 0 Å². The van der Waals surface area contributed by atoms with Crippen molar-refractivity contribution in [2.45, 2.75) is 19.4 Å². The van der Waals surface area contributed by atoms with E-state index in [0.29, 0.717) is 6.61 Å². The number of ether oxygens (including phenoxy) is 1. The Morgan fingerprint density at radius 1 is 1.19 bits per heavy atom. The third-order valence-electron chi connectivity index (χ3n) is 1.02. The van der Waals surface area contributed by atoms with E-state index < -0.39 is 12.3 Å². The van der Waals surface area contributed by atoms with Gasteiger partial charge in [0.2, 0.25) is 0 Å². The predicted molar refractivity (Wildman–Crippen MR) is 40.5 cm³/mol. The van der Waals surface area contributed by atoms with Crippen LogP contribution in [0.15, 0.2) is 0 Å². The number of carbonyl (C=O) groups excluding carboxylic acids is 2. The molecule has 0 aliphatic carbocycles. The first-order valence-corrected chi connectivity index (χ1v) is 3.83. The Bertz CT molecular complexity index is 149. The lowest BCUT2D eigenvalue weighted by Gasteiger charge is -2.05. The summed E-state index contributed by atoms with van der Waals surface area (Å²) in [4.78, 5) is 20.5. The van der Waals surface area contributed by atoms with Gasteiger partial charge < -0.3 is 34.8 Å². The summed E-state index contributed by atoms with van der Waals surface area (Å²) in [7, 11) is 1.63. The Morgan fingerprint density at radius 2 is 1.50 bits per heavy atom. The number of hydrogen-bond donors (Lipinski definition) is 1. The van der Waals surface area contributed by atoms with E-state index in [1.165, 1.54) is 0 Å². The zero-order valence-corrected chi connectivity index (χ0v) is 8.70. The van der Waals surface area contributed by atoms with Gasteiger partial charge in [-0.3, -0.25) is 5.26 Å². The minimum Gasteiger partial charge on any atom is -0.652 e. The molecule has 0 aliphatic heterocycles. The molecule has 0 saturated carbocycles. The Kier molecular flexibility index (Phi) is 19.8. The van der Waals surface area contributed by atoms with Crippen LogP contribution in [0.3, 0.4) is 0 Å². The number of carbonyl (C=O) groups is 2. The maximum Gasteiger partial charge on any atom is 0.0844 e. The number of hydrogen-bond acceptors (Lipinski definition) is 9. The molecule has 1 atom stereocenters. The maximum absolute atomic E-state index is 8.33. The van der Waals surface area contributed by atoms with Crippen molar-refractivity contribution >= 4 is 12.3 Å². The molecule has 1 N–H and O–H groups in total. The molecule has 0 amide bonds. The highest BCUT2D eigenvalue weighted by Gasteiger charge is 1.96. The van der Waals surface area contributed by atoms with Gasteiger partial charge in [0.1, 0.15) is 0 Å². The van der Waals surface area contributed by atoms with E-state index >= 15 is 0 Å². The maximum atomic E-state index is 8.33. The van der Waals surface area contributed by atoms with Crippen LogP contribution in [0.2, 0.25) is 0 Å². The molecule has 0 rings (SSSR count). The molecule has 98 valence electrons. The zero-order valence-electron chi connectivity index (χ0n) is 8.70. The van der Waals surface area contributed by atoms with Crippen LogP contribution in [0.25, 0.3) is 0 Å². The summed E-state index contributed by atoms with van der Waals surface area (Å²) in [5.41, 5.74) is 0. The van der Waals surface area contributed by atoms with Crippen LogP contribution in [-0.4, -0.2) is 37.4 Å². The lowest BCUT2D eigenvalue weighted by atomic mass is 10.3. The van der Waals surface area contributed by atoms with Gasteiger partial charge in [-0.05, 0) is 25.7 Å². The van der Waals surface area contributed by atoms with Gasteiger partial charge >= 0.3 is 0 Å². The van der Waals surface area contributed by atoms with Crippen LogP contribution in [0.5, 0.6) is 0 Å². The molecule has 9 heteroatoms. The average molecular weight is 240 g/mol. The van der Waals surface area contributed by atoms with Gasteiger partial charge in [0.15, 0.2) is 0 Å². The lowest BCUT2D eigenvalue weighted by Crippen LogP contribution is -2.37. The van der Waals surface area contributed by atoms with Crippen LogP contribution in [0.4, 0.5) is 9.59 Å². The molecule has 0 aromatic heterocycles. The molecule has 0 spiro atoms. The van der Waals surface area contributed by atoms with Crippen molar-refractivity contribution in [3.05, 3.63) is 0 Å². The summed E-state index contributed by atoms with van der Waals surface area (Å²) in [5, 5.41) is 41.2. The largest absolute Gasteiger partial charge is 0.652 e. The fourth-order valence-electron chi connectivity index (χ4n) is 0.337. The molecule has 0 fully saturated rings. The monoisotopic (exact) mass is 240 g/mol. The van der Waals surface area contributed by atoms with Gasteiger partial charge in [-0.25, -0.2) is 4.89 Å².